The number of aromatic hydroxyl groups is 3. The van der Waals surface area contributed by atoms with Crippen molar-refractivity contribution in [3.8, 4) is 23.0 Å². The molecule has 0 aromatic heterocycles. The van der Waals surface area contributed by atoms with Crippen LogP contribution in [0, 0.1) is 0 Å². The summed E-state index contributed by atoms with van der Waals surface area (Å²) in [7, 11) is 0. The molecule has 35 heavy (non-hydrogen) atoms. The van der Waals surface area contributed by atoms with E-state index in [1.807, 2.05) is 0 Å². The molecule has 0 amide bonds. The maximum absolute atomic E-state index is 13.2. The molecule has 0 saturated carbocycles. The molecule has 0 bridgehead atoms. The second-order valence-corrected chi connectivity index (χ2v) is 11.0. The summed E-state index contributed by atoms with van der Waals surface area (Å²) < 4.78 is 11.4. The minimum atomic E-state index is -1.79. The Morgan fingerprint density at radius 1 is 0.886 bits per heavy atom. The first-order valence-corrected chi connectivity index (χ1v) is 13.2. The molecule has 5 atom stereocenters. The van der Waals surface area contributed by atoms with Crippen LogP contribution in [-0.4, -0.2) is 78.8 Å². The summed E-state index contributed by atoms with van der Waals surface area (Å²) in [6.07, 6.45) is -8.04. The Morgan fingerprint density at radius 2 is 1.49 bits per heavy atom. The van der Waals surface area contributed by atoms with Gasteiger partial charge in [-0.05, 0) is 87.8 Å². The fourth-order valence-electron chi connectivity index (χ4n) is 3.44. The van der Waals surface area contributed by atoms with Crippen molar-refractivity contribution in [3.63, 3.8) is 0 Å². The lowest BCUT2D eigenvalue weighted by Gasteiger charge is -2.39. The van der Waals surface area contributed by atoms with E-state index >= 15 is 0 Å². The first-order chi connectivity index (χ1) is 16.4. The van der Waals surface area contributed by atoms with E-state index in [0.29, 0.717) is 14.5 Å². The number of ketones is 1. The fourth-order valence-corrected chi connectivity index (χ4v) is 5.87. The van der Waals surface area contributed by atoms with E-state index in [4.69, 9.17) is 9.47 Å². The zero-order valence-corrected chi connectivity index (χ0v) is 23.9. The van der Waals surface area contributed by atoms with Crippen molar-refractivity contribution in [1.29, 1.82) is 0 Å². The molecule has 1 aliphatic heterocycles. The number of hydrogen-bond donors (Lipinski definition) is 7. The van der Waals surface area contributed by atoms with E-state index in [1.54, 1.807) is 12.1 Å². The zero-order valence-electron chi connectivity index (χ0n) is 17.5. The number of aliphatic hydroxyl groups is 4. The summed E-state index contributed by atoms with van der Waals surface area (Å²) in [5, 5.41) is 70.6. The van der Waals surface area contributed by atoms with Crippen molar-refractivity contribution in [2.24, 2.45) is 0 Å². The summed E-state index contributed by atoms with van der Waals surface area (Å²) >= 11 is 12.6. The molecule has 1 saturated heterocycles. The summed E-state index contributed by atoms with van der Waals surface area (Å²) in [5.41, 5.74) is 0.332. The summed E-state index contributed by atoms with van der Waals surface area (Å²) in [4.78, 5) is 13.2. The van der Waals surface area contributed by atoms with Gasteiger partial charge in [0.1, 0.15) is 50.4 Å². The van der Waals surface area contributed by atoms with Gasteiger partial charge in [0.2, 0.25) is 6.29 Å². The molecule has 192 valence electrons. The minimum absolute atomic E-state index is 0.000619. The molecule has 0 unspecified atom stereocenters. The van der Waals surface area contributed by atoms with Crippen molar-refractivity contribution in [2.45, 2.75) is 43.5 Å². The normalized spacial score (nSPS) is 24.4. The highest BCUT2D eigenvalue weighted by Gasteiger charge is 2.45. The molecule has 2 aromatic rings. The van der Waals surface area contributed by atoms with E-state index in [1.165, 1.54) is 0 Å². The van der Waals surface area contributed by atoms with Gasteiger partial charge in [0.15, 0.2) is 17.3 Å². The van der Waals surface area contributed by atoms with Crippen LogP contribution in [0.5, 0.6) is 23.0 Å². The number of Topliss-reactive ketones (excluding diaryl/α,β-unsaturated/α-hetero) is 1. The second kappa shape index (κ2) is 11.6. The van der Waals surface area contributed by atoms with Gasteiger partial charge in [-0.25, -0.2) is 0 Å². The second-order valence-electron chi connectivity index (χ2n) is 7.68. The Bertz CT molecular complexity index is 1100. The summed E-state index contributed by atoms with van der Waals surface area (Å²) in [6, 6.07) is 3.25. The van der Waals surface area contributed by atoms with Crippen LogP contribution in [0.25, 0.3) is 0 Å². The van der Waals surface area contributed by atoms with Gasteiger partial charge >= 0.3 is 0 Å². The maximum Gasteiger partial charge on any atom is 0.229 e. The van der Waals surface area contributed by atoms with E-state index in [9.17, 15) is 40.5 Å². The molecule has 0 spiro atoms. The average molecular weight is 752 g/mol. The van der Waals surface area contributed by atoms with Gasteiger partial charge < -0.3 is 45.2 Å². The summed E-state index contributed by atoms with van der Waals surface area (Å²) in [6.45, 7) is -0.702. The third-order valence-corrected chi connectivity index (χ3v) is 8.06. The predicted molar refractivity (Wildman–Crippen MR) is 136 cm³/mol. The molecule has 0 radical (unpaired) electrons. The Morgan fingerprint density at radius 3 is 2.06 bits per heavy atom. The topological polar surface area (TPSA) is 177 Å². The van der Waals surface area contributed by atoms with Gasteiger partial charge in [-0.15, -0.1) is 0 Å². The van der Waals surface area contributed by atoms with Crippen LogP contribution in [0.1, 0.15) is 22.3 Å². The zero-order chi connectivity index (χ0) is 26.2. The Hall–Kier alpha value is -0.970. The molecule has 3 rings (SSSR count). The largest absolute Gasteiger partial charge is 0.506 e. The molecule has 2 aromatic carbocycles. The van der Waals surface area contributed by atoms with Crippen LogP contribution in [0.4, 0.5) is 0 Å². The first-order valence-electron chi connectivity index (χ1n) is 9.99. The van der Waals surface area contributed by atoms with Crippen LogP contribution in [-0.2, 0) is 11.2 Å². The number of phenols is 3. The lowest BCUT2D eigenvalue weighted by molar-refractivity contribution is -0.277. The van der Waals surface area contributed by atoms with Crippen molar-refractivity contribution in [3.05, 3.63) is 41.2 Å². The quantitative estimate of drug-likeness (QED) is 0.208. The Balaban J connectivity index is 1.95. The number of carbonyl (C=O) groups excluding carboxylic acids is 1. The van der Waals surface area contributed by atoms with Crippen molar-refractivity contribution >= 4 is 69.5 Å². The number of carbonyl (C=O) groups is 1. The maximum atomic E-state index is 13.2. The van der Waals surface area contributed by atoms with E-state index in [0.717, 1.165) is 0 Å². The number of rotatable bonds is 7. The molecular formula is C21H20Br4O10. The van der Waals surface area contributed by atoms with Gasteiger partial charge in [-0.3, -0.25) is 4.79 Å². The minimum Gasteiger partial charge on any atom is -0.506 e. The highest BCUT2D eigenvalue weighted by Crippen LogP contribution is 2.49. The van der Waals surface area contributed by atoms with Crippen molar-refractivity contribution in [2.75, 3.05) is 6.61 Å². The van der Waals surface area contributed by atoms with Crippen LogP contribution in [0.3, 0.4) is 0 Å². The number of aryl methyl sites for hydroxylation is 1. The molecular weight excluding hydrogens is 732 g/mol. The van der Waals surface area contributed by atoms with Crippen LogP contribution in [0.2, 0.25) is 0 Å². The third-order valence-electron chi connectivity index (χ3n) is 5.37. The highest BCUT2D eigenvalue weighted by molar-refractivity contribution is 9.11. The molecule has 10 nitrogen and oxygen atoms in total. The van der Waals surface area contributed by atoms with Crippen LogP contribution >= 0.6 is 63.7 Å². The monoisotopic (exact) mass is 748 g/mol. The number of ether oxygens (including phenoxy) is 2. The van der Waals surface area contributed by atoms with Gasteiger partial charge in [0.25, 0.3) is 0 Å². The SMILES string of the molecule is O=C(CCc1cc(Br)c(O)c(Br)c1)c1c(O)c(Br)c(O)c(Br)c1O[C@@H]1O[C@@H](CO)[C@@H](O)[C@H](O)[C@@H]1O. The van der Waals surface area contributed by atoms with E-state index < -0.39 is 54.6 Å². The van der Waals surface area contributed by atoms with Gasteiger partial charge in [-0.2, -0.15) is 0 Å². The molecule has 0 aliphatic carbocycles. The van der Waals surface area contributed by atoms with Crippen LogP contribution in [0.15, 0.2) is 30.0 Å². The van der Waals surface area contributed by atoms with Crippen molar-refractivity contribution < 1.29 is 50.0 Å². The smallest absolute Gasteiger partial charge is 0.229 e. The number of hydrogen-bond acceptors (Lipinski definition) is 10. The first kappa shape index (κ1) is 28.6. The fraction of sp³-hybridized carbons (Fsp3) is 0.381. The number of aliphatic hydroxyl groups excluding tert-OH is 4. The predicted octanol–water partition coefficient (Wildman–Crippen LogP) is 2.85. The number of halogens is 4. The molecule has 14 heteroatoms. The number of benzene rings is 2. The molecule has 7 N–H and O–H groups in total. The third kappa shape index (κ3) is 5.80. The Labute approximate surface area is 232 Å². The van der Waals surface area contributed by atoms with E-state index in [-0.39, 0.29) is 38.8 Å². The highest BCUT2D eigenvalue weighted by atomic mass is 79.9. The molecule has 1 aliphatic rings. The van der Waals surface area contributed by atoms with Crippen molar-refractivity contribution in [1.82, 2.24) is 0 Å². The lowest BCUT2D eigenvalue weighted by atomic mass is 9.99. The standard InChI is InChI=1S/C21H20Br4O10/c22-7-3-6(4-8(23)14(7)28)1-2-9(27)11-16(30)12(24)17(31)13(25)20(11)35-21-19(33)18(32)15(29)10(5-26)34-21/h3-4,10,15,18-19,21,26,28-33H,1-2,5H2/t10-,15+,18-,19-,21-/m0/s1. The lowest BCUT2D eigenvalue weighted by Crippen LogP contribution is -2.60. The molecule has 1 fully saturated rings. The van der Waals surface area contributed by atoms with E-state index in [2.05, 4.69) is 63.7 Å². The average Bonchev–Trinajstić information content (AvgIpc) is 2.83. The van der Waals surface area contributed by atoms with Gasteiger partial charge in [0, 0.05) is 6.42 Å². The van der Waals surface area contributed by atoms with Crippen LogP contribution < -0.4 is 4.74 Å². The summed E-state index contributed by atoms with van der Waals surface area (Å²) in [5.74, 6) is -2.14. The van der Waals surface area contributed by atoms with Gasteiger partial charge in [-0.1, -0.05) is 0 Å². The molecule has 1 heterocycles. The number of phenolic OH excluding ortho intramolecular Hbond substituents is 3. The Kier molecular flexibility index (Phi) is 9.48. The van der Waals surface area contributed by atoms with Gasteiger partial charge in [0.05, 0.1) is 15.6 Å².